The van der Waals surface area contributed by atoms with Gasteiger partial charge in [0.05, 0.1) is 6.61 Å². The lowest BCUT2D eigenvalue weighted by atomic mass is 10.2. The average molecular weight is 274 g/mol. The first-order valence-electron chi connectivity index (χ1n) is 6.96. The maximum atomic E-state index is 11.8. The summed E-state index contributed by atoms with van der Waals surface area (Å²) in [5.41, 5.74) is 0. The smallest absolute Gasteiger partial charge is 0.333 e. The van der Waals surface area contributed by atoms with Crippen molar-refractivity contribution < 1.29 is 14.0 Å². The molecule has 0 spiro atoms. The molecule has 0 heterocycles. The van der Waals surface area contributed by atoms with Crippen LogP contribution in [0.15, 0.2) is 0 Å². The third-order valence-electron chi connectivity index (χ3n) is 3.60. The van der Waals surface area contributed by atoms with E-state index in [1.807, 2.05) is 0 Å². The summed E-state index contributed by atoms with van der Waals surface area (Å²) in [6, 6.07) is 0. The first kappa shape index (κ1) is 17.6. The molecule has 0 unspecified atom stereocenters. The maximum absolute atomic E-state index is 11.8. The first-order valence-corrected chi connectivity index (χ1v) is 9.87. The van der Waals surface area contributed by atoms with Crippen molar-refractivity contribution in [3.05, 3.63) is 0 Å². The van der Waals surface area contributed by atoms with Crippen LogP contribution in [0.4, 0.5) is 0 Å². The average Bonchev–Trinajstić information content (AvgIpc) is 2.21. The lowest BCUT2D eigenvalue weighted by Gasteiger charge is -2.37. The summed E-state index contributed by atoms with van der Waals surface area (Å²) in [4.78, 5) is 11.8. The Labute approximate surface area is 113 Å². The van der Waals surface area contributed by atoms with E-state index in [0.717, 1.165) is 19.3 Å². The Morgan fingerprint density at radius 3 is 2.22 bits per heavy atom. The molecule has 0 aliphatic carbocycles. The van der Waals surface area contributed by atoms with Crippen molar-refractivity contribution in [2.24, 2.45) is 0 Å². The van der Waals surface area contributed by atoms with E-state index >= 15 is 0 Å². The van der Waals surface area contributed by atoms with Crippen molar-refractivity contribution in [1.29, 1.82) is 0 Å². The molecule has 0 aromatic carbocycles. The Morgan fingerprint density at radius 1 is 1.22 bits per heavy atom. The van der Waals surface area contributed by atoms with Gasteiger partial charge < -0.3 is 9.16 Å². The van der Waals surface area contributed by atoms with Crippen LogP contribution in [0.5, 0.6) is 0 Å². The highest BCUT2D eigenvalue weighted by Gasteiger charge is 2.39. The predicted molar refractivity (Wildman–Crippen MR) is 78.2 cm³/mol. The number of unbranched alkanes of at least 4 members (excludes halogenated alkanes) is 2. The third kappa shape index (κ3) is 6.00. The summed E-state index contributed by atoms with van der Waals surface area (Å²) in [7, 11) is -1.89. The molecule has 4 heteroatoms. The predicted octanol–water partition coefficient (Wildman–Crippen LogP) is 4.13. The van der Waals surface area contributed by atoms with Crippen molar-refractivity contribution in [3.8, 4) is 0 Å². The van der Waals surface area contributed by atoms with Crippen molar-refractivity contribution >= 4 is 14.3 Å². The highest BCUT2D eigenvalue weighted by atomic mass is 28.4. The summed E-state index contributed by atoms with van der Waals surface area (Å²) in [6.07, 6.45) is 2.72. The van der Waals surface area contributed by atoms with E-state index in [2.05, 4.69) is 40.8 Å². The molecule has 108 valence electrons. The molecule has 0 saturated carbocycles. The minimum Gasteiger partial charge on any atom is -0.464 e. The second kappa shape index (κ2) is 7.29. The van der Waals surface area contributed by atoms with Gasteiger partial charge in [0.1, 0.15) is 6.10 Å². The number of ether oxygens (including phenoxy) is 1. The molecule has 0 N–H and O–H groups in total. The van der Waals surface area contributed by atoms with Crippen molar-refractivity contribution in [3.63, 3.8) is 0 Å². The van der Waals surface area contributed by atoms with Crippen LogP contribution in [0, 0.1) is 0 Å². The van der Waals surface area contributed by atoms with Gasteiger partial charge in [-0.15, -0.1) is 0 Å². The van der Waals surface area contributed by atoms with E-state index in [4.69, 9.17) is 9.16 Å². The number of rotatable bonds is 7. The number of carbonyl (C=O) groups is 1. The minimum absolute atomic E-state index is 0.115. The van der Waals surface area contributed by atoms with Gasteiger partial charge in [0.15, 0.2) is 8.32 Å². The van der Waals surface area contributed by atoms with E-state index in [1.54, 1.807) is 6.92 Å². The fraction of sp³-hybridized carbons (Fsp3) is 0.929. The zero-order valence-electron chi connectivity index (χ0n) is 13.1. The van der Waals surface area contributed by atoms with Crippen LogP contribution in [-0.2, 0) is 14.0 Å². The van der Waals surface area contributed by atoms with Gasteiger partial charge >= 0.3 is 5.97 Å². The van der Waals surface area contributed by atoms with Crippen LogP contribution >= 0.6 is 0 Å². The number of carbonyl (C=O) groups excluding carboxylic acids is 1. The topological polar surface area (TPSA) is 35.5 Å². The molecule has 0 saturated heterocycles. The molecule has 3 nitrogen and oxygen atoms in total. The Balaban J connectivity index is 4.16. The lowest BCUT2D eigenvalue weighted by Crippen LogP contribution is -2.45. The summed E-state index contributed by atoms with van der Waals surface area (Å²) in [5, 5.41) is 0.115. The second-order valence-corrected chi connectivity index (χ2v) is 11.2. The normalized spacial score (nSPS) is 14.4. The van der Waals surface area contributed by atoms with Crippen LogP contribution in [-0.4, -0.2) is 27.0 Å². The zero-order chi connectivity index (χ0) is 14.4. The minimum atomic E-state index is -1.89. The van der Waals surface area contributed by atoms with Crippen LogP contribution in [0.2, 0.25) is 18.1 Å². The number of hydrogen-bond acceptors (Lipinski definition) is 3. The van der Waals surface area contributed by atoms with Crippen molar-refractivity contribution in [2.45, 2.75) is 78.1 Å². The highest BCUT2D eigenvalue weighted by Crippen LogP contribution is 2.37. The van der Waals surface area contributed by atoms with Gasteiger partial charge in [0.25, 0.3) is 0 Å². The fourth-order valence-electron chi connectivity index (χ4n) is 1.31. The first-order chi connectivity index (χ1) is 8.12. The molecular weight excluding hydrogens is 244 g/mol. The van der Waals surface area contributed by atoms with Gasteiger partial charge in [-0.2, -0.15) is 0 Å². The second-order valence-electron chi connectivity index (χ2n) is 6.39. The summed E-state index contributed by atoms with van der Waals surface area (Å²) in [5.74, 6) is -0.226. The fourth-order valence-corrected chi connectivity index (χ4v) is 2.64. The van der Waals surface area contributed by atoms with Crippen molar-refractivity contribution in [1.82, 2.24) is 0 Å². The zero-order valence-corrected chi connectivity index (χ0v) is 14.1. The molecule has 18 heavy (non-hydrogen) atoms. The molecule has 0 aliphatic rings. The molecule has 0 rings (SSSR count). The van der Waals surface area contributed by atoms with E-state index in [-0.39, 0.29) is 11.0 Å². The monoisotopic (exact) mass is 274 g/mol. The maximum Gasteiger partial charge on any atom is 0.333 e. The standard InChI is InChI=1S/C14H30O3Si/c1-8-9-10-11-16-13(15)12(2)17-18(6,7)14(3,4)5/h12H,8-11H2,1-7H3/t12-/m0/s1. The summed E-state index contributed by atoms with van der Waals surface area (Å²) >= 11 is 0. The Bertz CT molecular complexity index is 256. The van der Waals surface area contributed by atoms with Crippen molar-refractivity contribution in [2.75, 3.05) is 6.61 Å². The highest BCUT2D eigenvalue weighted by molar-refractivity contribution is 6.74. The summed E-state index contributed by atoms with van der Waals surface area (Å²) < 4.78 is 11.2. The number of esters is 1. The van der Waals surface area contributed by atoms with Crippen LogP contribution in [0.25, 0.3) is 0 Å². The molecule has 0 aromatic heterocycles. The van der Waals surface area contributed by atoms with Gasteiger partial charge in [-0.3, -0.25) is 0 Å². The number of hydrogen-bond donors (Lipinski definition) is 0. The van der Waals surface area contributed by atoms with Gasteiger partial charge in [-0.05, 0) is 31.5 Å². The quantitative estimate of drug-likeness (QED) is 0.398. The lowest BCUT2D eigenvalue weighted by molar-refractivity contribution is -0.151. The van der Waals surface area contributed by atoms with Gasteiger partial charge in [0, 0.05) is 0 Å². The third-order valence-corrected chi connectivity index (χ3v) is 8.16. The molecule has 0 aromatic rings. The van der Waals surface area contributed by atoms with Gasteiger partial charge in [-0.1, -0.05) is 40.5 Å². The van der Waals surface area contributed by atoms with Gasteiger partial charge in [-0.25, -0.2) is 4.79 Å². The molecule has 0 radical (unpaired) electrons. The van der Waals surface area contributed by atoms with E-state index in [1.165, 1.54) is 0 Å². The molecule has 0 aliphatic heterocycles. The van der Waals surface area contributed by atoms with Crippen LogP contribution in [0.1, 0.15) is 53.9 Å². The summed E-state index contributed by atoms with van der Waals surface area (Å²) in [6.45, 7) is 15.2. The SMILES string of the molecule is CCCCCOC(=O)[C@H](C)O[Si](C)(C)C(C)(C)C. The Kier molecular flexibility index (Phi) is 7.15. The Hall–Kier alpha value is -0.353. The molecular formula is C14H30O3Si. The Morgan fingerprint density at radius 2 is 1.78 bits per heavy atom. The van der Waals surface area contributed by atoms with E-state index in [9.17, 15) is 4.79 Å². The van der Waals surface area contributed by atoms with Crippen LogP contribution in [0.3, 0.4) is 0 Å². The molecule has 0 fully saturated rings. The molecule has 0 amide bonds. The van der Waals surface area contributed by atoms with Crippen LogP contribution < -0.4 is 0 Å². The van der Waals surface area contributed by atoms with E-state index in [0.29, 0.717) is 6.61 Å². The molecule has 1 atom stereocenters. The van der Waals surface area contributed by atoms with Gasteiger partial charge in [0.2, 0.25) is 0 Å². The molecule has 0 bridgehead atoms. The van der Waals surface area contributed by atoms with E-state index < -0.39 is 14.4 Å². The largest absolute Gasteiger partial charge is 0.464 e.